The smallest absolute Gasteiger partial charge is 0.132 e. The Balaban J connectivity index is 1.90. The van der Waals surface area contributed by atoms with Gasteiger partial charge in [0, 0.05) is 11.1 Å². The molecule has 0 aliphatic heterocycles. The van der Waals surface area contributed by atoms with E-state index in [0.29, 0.717) is 11.1 Å². The minimum atomic E-state index is 0.0818. The van der Waals surface area contributed by atoms with E-state index in [1.807, 2.05) is 78.9 Å². The van der Waals surface area contributed by atoms with Gasteiger partial charge < -0.3 is 10.2 Å². The van der Waals surface area contributed by atoms with Crippen molar-refractivity contribution in [3.8, 4) is 46.3 Å². The van der Waals surface area contributed by atoms with Gasteiger partial charge in [-0.25, -0.2) is 0 Å². The molecule has 142 valence electrons. The molecule has 0 amide bonds. The molecule has 2 nitrogen and oxygen atoms in total. The van der Waals surface area contributed by atoms with Crippen molar-refractivity contribution >= 4 is 0 Å². The highest BCUT2D eigenvalue weighted by atomic mass is 16.3. The number of phenolic OH excluding ortho intramolecular Hbond substituents is 2. The van der Waals surface area contributed by atoms with Gasteiger partial charge in [-0.15, -0.1) is 0 Å². The van der Waals surface area contributed by atoms with Crippen LogP contribution in [0, 0.1) is 23.7 Å². The van der Waals surface area contributed by atoms with Crippen molar-refractivity contribution in [1.82, 2.24) is 0 Å². The molecule has 0 heterocycles. The summed E-state index contributed by atoms with van der Waals surface area (Å²) in [6.07, 6.45) is 0. The average Bonchev–Trinajstić information content (AvgIpc) is 2.79. The maximum Gasteiger partial charge on any atom is 0.132 e. The Kier molecular flexibility index (Phi) is 5.52. The van der Waals surface area contributed by atoms with Crippen molar-refractivity contribution < 1.29 is 10.2 Å². The molecule has 4 aromatic rings. The van der Waals surface area contributed by atoms with Gasteiger partial charge in [-0.3, -0.25) is 0 Å². The van der Waals surface area contributed by atoms with Gasteiger partial charge in [-0.2, -0.15) is 0 Å². The number of rotatable bonds is 1. The lowest BCUT2D eigenvalue weighted by Gasteiger charge is -2.09. The zero-order valence-corrected chi connectivity index (χ0v) is 16.1. The van der Waals surface area contributed by atoms with Crippen LogP contribution in [0.25, 0.3) is 11.1 Å². The third-order valence-corrected chi connectivity index (χ3v) is 4.57. The largest absolute Gasteiger partial charge is 0.508 e. The van der Waals surface area contributed by atoms with Gasteiger partial charge in [0.1, 0.15) is 11.5 Å². The van der Waals surface area contributed by atoms with E-state index < -0.39 is 0 Å². The monoisotopic (exact) mass is 386 g/mol. The van der Waals surface area contributed by atoms with Gasteiger partial charge in [0.05, 0.1) is 11.1 Å². The molecule has 0 unspecified atom stereocenters. The molecular weight excluding hydrogens is 368 g/mol. The van der Waals surface area contributed by atoms with Gasteiger partial charge in [0.2, 0.25) is 0 Å². The van der Waals surface area contributed by atoms with Crippen molar-refractivity contribution in [2.45, 2.75) is 0 Å². The van der Waals surface area contributed by atoms with Crippen LogP contribution in [-0.2, 0) is 0 Å². The quantitative estimate of drug-likeness (QED) is 0.420. The molecule has 0 saturated heterocycles. The van der Waals surface area contributed by atoms with Crippen molar-refractivity contribution in [2.24, 2.45) is 0 Å². The molecule has 0 aliphatic rings. The van der Waals surface area contributed by atoms with Crippen molar-refractivity contribution in [3.63, 3.8) is 0 Å². The highest BCUT2D eigenvalue weighted by molar-refractivity contribution is 5.78. The second kappa shape index (κ2) is 8.74. The molecule has 4 rings (SSSR count). The lowest BCUT2D eigenvalue weighted by molar-refractivity contribution is 0.473. The first kappa shape index (κ1) is 18.9. The topological polar surface area (TPSA) is 40.5 Å². The van der Waals surface area contributed by atoms with Crippen LogP contribution in [0.1, 0.15) is 22.3 Å². The number of aromatic hydroxyl groups is 2. The Labute approximate surface area is 176 Å². The lowest BCUT2D eigenvalue weighted by atomic mass is 9.94. The van der Waals surface area contributed by atoms with Crippen molar-refractivity contribution in [1.29, 1.82) is 0 Å². The first-order valence-corrected chi connectivity index (χ1v) is 9.50. The molecule has 0 saturated carbocycles. The SMILES string of the molecule is Oc1ccc(-c2ccc(O)c(C#Cc3ccccc3)c2C#Cc2ccccc2)cc1. The van der Waals surface area contributed by atoms with Crippen LogP contribution in [0.5, 0.6) is 11.5 Å². The predicted molar refractivity (Wildman–Crippen MR) is 120 cm³/mol. The molecule has 0 spiro atoms. The maximum atomic E-state index is 10.6. The summed E-state index contributed by atoms with van der Waals surface area (Å²) in [5.74, 6) is 12.9. The fourth-order valence-corrected chi connectivity index (χ4v) is 3.04. The highest BCUT2D eigenvalue weighted by Crippen LogP contribution is 2.31. The molecular formula is C28H18O2. The molecule has 0 radical (unpaired) electrons. The molecule has 0 aliphatic carbocycles. The van der Waals surface area contributed by atoms with Crippen LogP contribution < -0.4 is 0 Å². The van der Waals surface area contributed by atoms with Gasteiger partial charge in [-0.05, 0) is 59.7 Å². The van der Waals surface area contributed by atoms with Crippen LogP contribution in [-0.4, -0.2) is 10.2 Å². The number of hydrogen-bond donors (Lipinski definition) is 2. The molecule has 0 bridgehead atoms. The van der Waals surface area contributed by atoms with E-state index in [1.54, 1.807) is 18.2 Å². The lowest BCUT2D eigenvalue weighted by Crippen LogP contribution is -1.92. The summed E-state index contributed by atoms with van der Waals surface area (Å²) in [5.41, 5.74) is 4.58. The van der Waals surface area contributed by atoms with E-state index in [0.717, 1.165) is 22.3 Å². The first-order chi connectivity index (χ1) is 14.7. The molecule has 0 atom stereocenters. The fraction of sp³-hybridized carbons (Fsp3) is 0. The Morgan fingerprint density at radius 2 is 1.00 bits per heavy atom. The highest BCUT2D eigenvalue weighted by Gasteiger charge is 2.12. The predicted octanol–water partition coefficient (Wildman–Crippen LogP) is 5.56. The second-order valence-corrected chi connectivity index (χ2v) is 6.66. The number of hydrogen-bond acceptors (Lipinski definition) is 2. The fourth-order valence-electron chi connectivity index (χ4n) is 3.04. The molecule has 30 heavy (non-hydrogen) atoms. The summed E-state index contributed by atoms with van der Waals surface area (Å²) in [7, 11) is 0. The molecule has 2 N–H and O–H groups in total. The Morgan fingerprint density at radius 3 is 1.57 bits per heavy atom. The molecule has 4 aromatic carbocycles. The van der Waals surface area contributed by atoms with Gasteiger partial charge in [-0.1, -0.05) is 72.2 Å². The minimum Gasteiger partial charge on any atom is -0.508 e. The molecule has 0 fully saturated rings. The van der Waals surface area contributed by atoms with Crippen LogP contribution >= 0.6 is 0 Å². The average molecular weight is 386 g/mol. The van der Waals surface area contributed by atoms with E-state index in [2.05, 4.69) is 23.7 Å². The zero-order chi connectivity index (χ0) is 20.8. The van der Waals surface area contributed by atoms with E-state index >= 15 is 0 Å². The van der Waals surface area contributed by atoms with Crippen LogP contribution in [0.4, 0.5) is 0 Å². The molecule has 0 aromatic heterocycles. The summed E-state index contributed by atoms with van der Waals surface area (Å²) in [5, 5.41) is 20.2. The van der Waals surface area contributed by atoms with Crippen molar-refractivity contribution in [3.05, 3.63) is 119 Å². The summed E-state index contributed by atoms with van der Waals surface area (Å²) in [6, 6.07) is 29.7. The Hall–Kier alpha value is -4.40. The summed E-state index contributed by atoms with van der Waals surface area (Å²) < 4.78 is 0. The van der Waals surface area contributed by atoms with Crippen LogP contribution in [0.15, 0.2) is 97.1 Å². The van der Waals surface area contributed by atoms with Crippen molar-refractivity contribution in [2.75, 3.05) is 0 Å². The third kappa shape index (κ3) is 4.36. The van der Waals surface area contributed by atoms with Gasteiger partial charge in [0.15, 0.2) is 0 Å². The second-order valence-electron chi connectivity index (χ2n) is 6.66. The minimum absolute atomic E-state index is 0.0818. The van der Waals surface area contributed by atoms with Crippen LogP contribution in [0.2, 0.25) is 0 Å². The summed E-state index contributed by atoms with van der Waals surface area (Å²) in [6.45, 7) is 0. The van der Waals surface area contributed by atoms with Crippen LogP contribution in [0.3, 0.4) is 0 Å². The maximum absolute atomic E-state index is 10.6. The molecule has 2 heteroatoms. The normalized spacial score (nSPS) is 9.73. The van der Waals surface area contributed by atoms with E-state index in [-0.39, 0.29) is 11.5 Å². The van der Waals surface area contributed by atoms with E-state index in [4.69, 9.17) is 0 Å². The number of phenols is 2. The Bertz CT molecular complexity index is 1280. The summed E-state index contributed by atoms with van der Waals surface area (Å²) >= 11 is 0. The van der Waals surface area contributed by atoms with E-state index in [1.165, 1.54) is 0 Å². The Morgan fingerprint density at radius 1 is 0.467 bits per heavy atom. The van der Waals surface area contributed by atoms with Gasteiger partial charge >= 0.3 is 0 Å². The third-order valence-electron chi connectivity index (χ3n) is 4.57. The standard InChI is InChI=1S/C28H18O2/c29-24-15-13-23(14-16-24)25-19-20-28(30)27(18-12-22-9-5-2-6-10-22)26(25)17-11-21-7-3-1-4-8-21/h1-10,13-16,19-20,29-30H. The summed E-state index contributed by atoms with van der Waals surface area (Å²) in [4.78, 5) is 0. The van der Waals surface area contributed by atoms with Gasteiger partial charge in [0.25, 0.3) is 0 Å². The first-order valence-electron chi connectivity index (χ1n) is 9.50. The number of benzene rings is 4. The zero-order valence-electron chi connectivity index (χ0n) is 16.1. The van der Waals surface area contributed by atoms with E-state index in [9.17, 15) is 10.2 Å².